The summed E-state index contributed by atoms with van der Waals surface area (Å²) < 4.78 is 5.80. The van der Waals surface area contributed by atoms with E-state index in [4.69, 9.17) is 4.74 Å². The number of para-hydroxylation sites is 1. The number of H-pyrrole nitrogens is 1. The molecule has 2 aromatic carbocycles. The highest BCUT2D eigenvalue weighted by atomic mass is 16.5. The van der Waals surface area contributed by atoms with Crippen LogP contribution < -0.4 is 15.6 Å². The SMILES string of the molecule is O=C(NC1CCC2CN(C(=O)C3=Cc4ccccc4OC3)CCC2C1)c1cc2ccccc2c(=O)[nH]1. The van der Waals surface area contributed by atoms with Gasteiger partial charge in [-0.2, -0.15) is 0 Å². The lowest BCUT2D eigenvalue weighted by atomic mass is 9.73. The number of rotatable bonds is 3. The Hall–Kier alpha value is -3.87. The molecule has 7 nitrogen and oxygen atoms in total. The van der Waals surface area contributed by atoms with Crippen molar-refractivity contribution in [1.29, 1.82) is 0 Å². The third-order valence-corrected chi connectivity index (χ3v) is 7.89. The summed E-state index contributed by atoms with van der Waals surface area (Å²) in [5, 5.41) is 4.48. The van der Waals surface area contributed by atoms with Crippen LogP contribution in [0.15, 0.2) is 65.0 Å². The van der Waals surface area contributed by atoms with E-state index in [2.05, 4.69) is 10.3 Å². The largest absolute Gasteiger partial charge is 0.488 e. The minimum atomic E-state index is -0.249. The maximum atomic E-state index is 13.2. The molecule has 0 spiro atoms. The summed E-state index contributed by atoms with van der Waals surface area (Å²) in [7, 11) is 0. The first kappa shape index (κ1) is 22.6. The van der Waals surface area contributed by atoms with Crippen molar-refractivity contribution in [3.63, 3.8) is 0 Å². The average Bonchev–Trinajstić information content (AvgIpc) is 2.92. The molecule has 3 atom stereocenters. The summed E-state index contributed by atoms with van der Waals surface area (Å²) in [5.41, 5.74) is 1.70. The number of amides is 2. The highest BCUT2D eigenvalue weighted by molar-refractivity contribution is 5.99. The monoisotopic (exact) mass is 483 g/mol. The smallest absolute Gasteiger partial charge is 0.268 e. The van der Waals surface area contributed by atoms with Crippen LogP contribution in [0.4, 0.5) is 0 Å². The van der Waals surface area contributed by atoms with E-state index >= 15 is 0 Å². The summed E-state index contributed by atoms with van der Waals surface area (Å²) in [6.45, 7) is 1.78. The quantitative estimate of drug-likeness (QED) is 0.594. The summed E-state index contributed by atoms with van der Waals surface area (Å²) >= 11 is 0. The fraction of sp³-hybridized carbons (Fsp3) is 0.345. The average molecular weight is 484 g/mol. The summed E-state index contributed by atoms with van der Waals surface area (Å²) in [5.74, 6) is 1.56. The maximum Gasteiger partial charge on any atom is 0.268 e. The van der Waals surface area contributed by atoms with Crippen LogP contribution in [0.1, 0.15) is 41.7 Å². The van der Waals surface area contributed by atoms with Gasteiger partial charge in [0.2, 0.25) is 0 Å². The zero-order valence-corrected chi connectivity index (χ0v) is 20.0. The molecule has 0 radical (unpaired) electrons. The van der Waals surface area contributed by atoms with Crippen LogP contribution in [-0.4, -0.2) is 47.4 Å². The van der Waals surface area contributed by atoms with Gasteiger partial charge in [-0.15, -0.1) is 0 Å². The summed E-state index contributed by atoms with van der Waals surface area (Å²) in [4.78, 5) is 43.2. The standard InChI is InChI=1S/C29H29N3O4/c33-27-24-7-3-1-5-19(24)15-25(31-27)28(34)30-23-10-9-21-16-32(12-11-18(21)14-23)29(35)22-13-20-6-2-4-8-26(20)36-17-22/h1-8,13,15,18,21,23H,9-12,14,16-17H2,(H,30,34)(H,31,33). The number of hydrogen-bond donors (Lipinski definition) is 2. The molecule has 3 heterocycles. The number of aromatic nitrogens is 1. The van der Waals surface area contributed by atoms with Crippen molar-refractivity contribution >= 4 is 28.7 Å². The number of carbonyl (C=O) groups excluding carboxylic acids is 2. The number of piperidine rings is 1. The molecule has 2 N–H and O–H groups in total. The van der Waals surface area contributed by atoms with E-state index in [1.54, 1.807) is 12.1 Å². The Kier molecular flexibility index (Phi) is 5.83. The second kappa shape index (κ2) is 9.30. The first-order valence-corrected chi connectivity index (χ1v) is 12.7. The number of ether oxygens (including phenoxy) is 1. The minimum absolute atomic E-state index is 0.0682. The van der Waals surface area contributed by atoms with Gasteiger partial charge in [-0.25, -0.2) is 0 Å². The van der Waals surface area contributed by atoms with E-state index in [1.165, 1.54) is 0 Å². The predicted octanol–water partition coefficient (Wildman–Crippen LogP) is 3.75. The zero-order valence-electron chi connectivity index (χ0n) is 20.0. The molecule has 184 valence electrons. The van der Waals surface area contributed by atoms with Gasteiger partial charge in [0, 0.05) is 30.1 Å². The van der Waals surface area contributed by atoms with Gasteiger partial charge in [-0.1, -0.05) is 36.4 Å². The van der Waals surface area contributed by atoms with E-state index in [-0.39, 0.29) is 23.4 Å². The number of hydrogen-bond acceptors (Lipinski definition) is 4. The van der Waals surface area contributed by atoms with Gasteiger partial charge in [-0.05, 0) is 67.2 Å². The number of likely N-dealkylation sites (tertiary alicyclic amines) is 1. The number of aromatic amines is 1. The Balaban J connectivity index is 1.07. The molecule has 2 aliphatic heterocycles. The Morgan fingerprint density at radius 1 is 1.00 bits per heavy atom. The van der Waals surface area contributed by atoms with E-state index in [9.17, 15) is 14.4 Å². The number of pyridine rings is 1. The predicted molar refractivity (Wildman–Crippen MR) is 138 cm³/mol. The third kappa shape index (κ3) is 4.30. The van der Waals surface area contributed by atoms with Crippen molar-refractivity contribution in [2.75, 3.05) is 19.7 Å². The van der Waals surface area contributed by atoms with Crippen LogP contribution in [0.25, 0.3) is 16.8 Å². The normalized spacial score (nSPS) is 23.2. The molecule has 1 saturated heterocycles. The van der Waals surface area contributed by atoms with Gasteiger partial charge in [0.05, 0.1) is 5.57 Å². The van der Waals surface area contributed by atoms with E-state index < -0.39 is 0 Å². The molecule has 0 bridgehead atoms. The molecular weight excluding hydrogens is 454 g/mol. The molecule has 3 unspecified atom stereocenters. The number of fused-ring (bicyclic) bond motifs is 3. The zero-order chi connectivity index (χ0) is 24.6. The number of nitrogens with zero attached hydrogens (tertiary/aromatic N) is 1. The molecule has 36 heavy (non-hydrogen) atoms. The molecule has 6 rings (SSSR count). The van der Waals surface area contributed by atoms with Crippen LogP contribution in [0.2, 0.25) is 0 Å². The lowest BCUT2D eigenvalue weighted by molar-refractivity contribution is -0.130. The number of carbonyl (C=O) groups is 2. The van der Waals surface area contributed by atoms with Crippen molar-refractivity contribution in [2.24, 2.45) is 11.8 Å². The Morgan fingerprint density at radius 2 is 1.83 bits per heavy atom. The van der Waals surface area contributed by atoms with Crippen LogP contribution in [-0.2, 0) is 4.79 Å². The molecule has 7 heteroatoms. The fourth-order valence-electron chi connectivity index (χ4n) is 5.97. The molecule has 1 aromatic heterocycles. The topological polar surface area (TPSA) is 91.5 Å². The van der Waals surface area contributed by atoms with Crippen LogP contribution in [0.5, 0.6) is 5.75 Å². The van der Waals surface area contributed by atoms with Gasteiger partial charge in [-0.3, -0.25) is 14.4 Å². The van der Waals surface area contributed by atoms with E-state index in [0.717, 1.165) is 55.5 Å². The number of benzene rings is 2. The van der Waals surface area contributed by atoms with Crippen molar-refractivity contribution < 1.29 is 14.3 Å². The molecule has 3 aromatic rings. The highest BCUT2D eigenvalue weighted by Gasteiger charge is 2.37. The Labute approximate surface area is 209 Å². The third-order valence-electron chi connectivity index (χ3n) is 7.89. The van der Waals surface area contributed by atoms with Crippen molar-refractivity contribution in [1.82, 2.24) is 15.2 Å². The summed E-state index contributed by atoms with van der Waals surface area (Å²) in [6.07, 6.45) is 5.62. The maximum absolute atomic E-state index is 13.2. The number of nitrogens with one attached hydrogen (secondary N) is 2. The van der Waals surface area contributed by atoms with Gasteiger partial charge in [0.1, 0.15) is 18.1 Å². The van der Waals surface area contributed by atoms with E-state index in [1.807, 2.05) is 53.4 Å². The van der Waals surface area contributed by atoms with Crippen molar-refractivity contribution in [3.05, 3.63) is 81.8 Å². The molecule has 1 saturated carbocycles. The second-order valence-electron chi connectivity index (χ2n) is 10.1. The lowest BCUT2D eigenvalue weighted by Crippen LogP contribution is -2.49. The van der Waals surface area contributed by atoms with Crippen LogP contribution in [0.3, 0.4) is 0 Å². The Morgan fingerprint density at radius 3 is 2.75 bits per heavy atom. The first-order chi connectivity index (χ1) is 17.5. The molecular formula is C29H29N3O4. The van der Waals surface area contributed by atoms with Crippen LogP contribution in [0, 0.1) is 11.8 Å². The highest BCUT2D eigenvalue weighted by Crippen LogP contribution is 2.37. The first-order valence-electron chi connectivity index (χ1n) is 12.7. The minimum Gasteiger partial charge on any atom is -0.488 e. The fourth-order valence-corrected chi connectivity index (χ4v) is 5.97. The molecule has 3 aliphatic rings. The molecule has 2 amide bonds. The molecule has 2 fully saturated rings. The lowest BCUT2D eigenvalue weighted by Gasteiger charge is -2.44. The van der Waals surface area contributed by atoms with Gasteiger partial charge < -0.3 is 19.9 Å². The summed E-state index contributed by atoms with van der Waals surface area (Å²) in [6, 6.07) is 16.9. The van der Waals surface area contributed by atoms with Crippen LogP contribution >= 0.6 is 0 Å². The Bertz CT molecular complexity index is 1430. The van der Waals surface area contributed by atoms with Gasteiger partial charge >= 0.3 is 0 Å². The molecule has 1 aliphatic carbocycles. The second-order valence-corrected chi connectivity index (χ2v) is 10.1. The van der Waals surface area contributed by atoms with Crippen molar-refractivity contribution in [3.8, 4) is 5.75 Å². The van der Waals surface area contributed by atoms with Crippen molar-refractivity contribution in [2.45, 2.75) is 31.7 Å². The van der Waals surface area contributed by atoms with Gasteiger partial charge in [0.15, 0.2) is 0 Å². The van der Waals surface area contributed by atoms with E-state index in [0.29, 0.717) is 35.1 Å². The van der Waals surface area contributed by atoms with Gasteiger partial charge in [0.25, 0.3) is 17.4 Å².